The summed E-state index contributed by atoms with van der Waals surface area (Å²) in [5.41, 5.74) is 9.34. The van der Waals surface area contributed by atoms with Gasteiger partial charge < -0.3 is 25.7 Å². The van der Waals surface area contributed by atoms with Gasteiger partial charge in [-0.3, -0.25) is 10.7 Å². The van der Waals surface area contributed by atoms with Gasteiger partial charge in [0.15, 0.2) is 0 Å². The Balaban J connectivity index is 1.23. The van der Waals surface area contributed by atoms with Gasteiger partial charge in [-0.25, -0.2) is 9.78 Å². The second kappa shape index (κ2) is 12.6. The van der Waals surface area contributed by atoms with Crippen LogP contribution in [0, 0.1) is 31.1 Å². The Bertz CT molecular complexity index is 1630. The quantitative estimate of drug-likeness (QED) is 0.117. The number of nitrogens with two attached hydrogens (primary N) is 1. The van der Waals surface area contributed by atoms with Crippen LogP contribution in [0.25, 0.3) is 17.0 Å². The average Bonchev–Trinajstić information content (AvgIpc) is 3.52. The number of hydrogen-bond donors (Lipinski definition) is 5. The molecule has 6 N–H and O–H groups in total. The van der Waals surface area contributed by atoms with E-state index in [1.165, 1.54) is 0 Å². The normalized spacial score (nSPS) is 17.1. The van der Waals surface area contributed by atoms with Crippen LogP contribution in [0.5, 0.6) is 0 Å². The van der Waals surface area contributed by atoms with E-state index in [4.69, 9.17) is 27.2 Å². The molecule has 1 aliphatic heterocycles. The van der Waals surface area contributed by atoms with Crippen molar-refractivity contribution in [1.82, 2.24) is 14.9 Å². The van der Waals surface area contributed by atoms with Gasteiger partial charge in [-0.05, 0) is 86.3 Å². The summed E-state index contributed by atoms with van der Waals surface area (Å²) in [6.45, 7) is 9.53. The SMILES string of the molecule is CCN1CC(/C=C/c2cc3cc(C(=N)N)ccc3o2)C(CNc2cc(C)nc(NC(=O)Nc3cc(C)cc(Cl)c3)n2)C1. The zero-order chi connectivity index (χ0) is 29.8. The number of aryl methyl sites for hydroxylation is 2. The summed E-state index contributed by atoms with van der Waals surface area (Å²) in [4.78, 5) is 23.9. The van der Waals surface area contributed by atoms with Gasteiger partial charge >= 0.3 is 6.03 Å². The second-order valence-electron chi connectivity index (χ2n) is 10.6. The molecule has 0 bridgehead atoms. The molecule has 5 rings (SSSR count). The molecule has 1 aliphatic rings. The lowest BCUT2D eigenvalue weighted by Crippen LogP contribution is -2.24. The molecule has 218 valence electrons. The molecule has 3 heterocycles. The van der Waals surface area contributed by atoms with Crippen molar-refractivity contribution in [1.29, 1.82) is 5.41 Å². The third-order valence-electron chi connectivity index (χ3n) is 7.29. The molecule has 2 unspecified atom stereocenters. The van der Waals surface area contributed by atoms with E-state index in [0.717, 1.165) is 47.6 Å². The maximum absolute atomic E-state index is 12.6. The van der Waals surface area contributed by atoms with E-state index in [9.17, 15) is 4.79 Å². The summed E-state index contributed by atoms with van der Waals surface area (Å²) in [6.07, 6.45) is 4.24. The summed E-state index contributed by atoms with van der Waals surface area (Å²) in [6, 6.07) is 14.2. The van der Waals surface area contributed by atoms with Crippen LogP contribution in [-0.2, 0) is 0 Å². The van der Waals surface area contributed by atoms with Crippen LogP contribution in [0.4, 0.5) is 22.2 Å². The third-order valence-corrected chi connectivity index (χ3v) is 7.51. The Morgan fingerprint density at radius 1 is 1.14 bits per heavy atom. The number of aromatic nitrogens is 2. The van der Waals surface area contributed by atoms with Gasteiger partial charge in [0.25, 0.3) is 0 Å². The monoisotopic (exact) mass is 586 g/mol. The average molecular weight is 587 g/mol. The second-order valence-corrected chi connectivity index (χ2v) is 11.1. The van der Waals surface area contributed by atoms with Crippen LogP contribution in [0.15, 0.2) is 59.0 Å². The maximum atomic E-state index is 12.6. The number of carbonyl (C=O) groups is 1. The number of urea groups is 1. The summed E-state index contributed by atoms with van der Waals surface area (Å²) in [5, 5.41) is 18.1. The summed E-state index contributed by atoms with van der Waals surface area (Å²) in [7, 11) is 0. The standard InChI is InChI=1S/C31H35ClN8O2/c1-4-40-16-21(5-7-26-13-22-12-20(29(33)34)6-8-27(22)42-26)23(17-40)15-35-28-11-19(3)36-30(38-28)39-31(41)37-25-10-18(2)9-24(32)14-25/h5-14,21,23H,4,15-17H2,1-3H3,(H3,33,34)(H3,35,36,37,38,39,41)/b7-5+. The highest BCUT2D eigenvalue weighted by molar-refractivity contribution is 6.31. The van der Waals surface area contributed by atoms with Crippen LogP contribution in [-0.4, -0.2) is 52.9 Å². The van der Waals surface area contributed by atoms with Crippen molar-refractivity contribution in [3.8, 4) is 0 Å². The first kappa shape index (κ1) is 29.1. The molecule has 0 spiro atoms. The number of hydrogen-bond acceptors (Lipinski definition) is 7. The Labute approximate surface area is 249 Å². The molecule has 1 fully saturated rings. The zero-order valence-corrected chi connectivity index (χ0v) is 24.6. The fourth-order valence-electron chi connectivity index (χ4n) is 5.24. The number of rotatable bonds is 9. The number of nitrogens with one attached hydrogen (secondary N) is 4. The van der Waals surface area contributed by atoms with E-state index < -0.39 is 6.03 Å². The summed E-state index contributed by atoms with van der Waals surface area (Å²) >= 11 is 6.11. The lowest BCUT2D eigenvalue weighted by molar-refractivity contribution is 0.262. The fourth-order valence-corrected chi connectivity index (χ4v) is 5.53. The largest absolute Gasteiger partial charge is 0.457 e. The van der Waals surface area contributed by atoms with E-state index in [1.807, 2.05) is 56.3 Å². The first-order valence-electron chi connectivity index (χ1n) is 13.9. The smallest absolute Gasteiger partial charge is 0.326 e. The molecule has 0 aliphatic carbocycles. The number of likely N-dealkylation sites (tertiary alicyclic amines) is 1. The number of nitrogens with zero attached hydrogens (tertiary/aromatic N) is 3. The van der Waals surface area contributed by atoms with Gasteiger partial charge in [-0.15, -0.1) is 0 Å². The first-order chi connectivity index (χ1) is 20.1. The van der Waals surface area contributed by atoms with Crippen molar-refractivity contribution >= 4 is 58.0 Å². The van der Waals surface area contributed by atoms with Crippen LogP contribution in [0.2, 0.25) is 5.02 Å². The lowest BCUT2D eigenvalue weighted by atomic mass is 9.95. The minimum Gasteiger partial charge on any atom is -0.457 e. The van der Waals surface area contributed by atoms with Gasteiger partial charge in [-0.2, -0.15) is 4.98 Å². The molecule has 10 nitrogen and oxygen atoms in total. The number of benzene rings is 2. The number of nitrogen functional groups attached to an aromatic ring is 1. The molecule has 4 aromatic rings. The Morgan fingerprint density at radius 3 is 2.74 bits per heavy atom. The molecule has 0 saturated carbocycles. The van der Waals surface area contributed by atoms with Crippen molar-refractivity contribution in [3.05, 3.63) is 82.2 Å². The van der Waals surface area contributed by atoms with Crippen LogP contribution in [0.1, 0.15) is 29.5 Å². The van der Waals surface area contributed by atoms with Crippen LogP contribution >= 0.6 is 11.6 Å². The molecule has 2 aromatic carbocycles. The predicted molar refractivity (Wildman–Crippen MR) is 169 cm³/mol. The molecule has 0 radical (unpaired) electrons. The maximum Gasteiger partial charge on any atom is 0.326 e. The molecule has 2 atom stereocenters. The number of fused-ring (bicyclic) bond motifs is 1. The molecule has 11 heteroatoms. The van der Waals surface area contributed by atoms with Crippen molar-refractivity contribution in [3.63, 3.8) is 0 Å². The van der Waals surface area contributed by atoms with Crippen molar-refractivity contribution < 1.29 is 9.21 Å². The van der Waals surface area contributed by atoms with Gasteiger partial charge in [0.2, 0.25) is 5.95 Å². The van der Waals surface area contributed by atoms with Crippen molar-refractivity contribution in [2.24, 2.45) is 17.6 Å². The van der Waals surface area contributed by atoms with Gasteiger partial charge in [0.1, 0.15) is 23.0 Å². The number of furan rings is 1. The van der Waals surface area contributed by atoms with E-state index in [-0.39, 0.29) is 11.8 Å². The zero-order valence-electron chi connectivity index (χ0n) is 23.9. The van der Waals surface area contributed by atoms with E-state index >= 15 is 0 Å². The van der Waals surface area contributed by atoms with E-state index in [1.54, 1.807) is 12.1 Å². The minimum atomic E-state index is -0.448. The predicted octanol–water partition coefficient (Wildman–Crippen LogP) is 6.11. The van der Waals surface area contributed by atoms with E-state index in [0.29, 0.717) is 40.5 Å². The molecular weight excluding hydrogens is 552 g/mol. The number of halogens is 1. The first-order valence-corrected chi connectivity index (χ1v) is 14.3. The van der Waals surface area contributed by atoms with Gasteiger partial charge in [0, 0.05) is 53.1 Å². The number of anilines is 3. The van der Waals surface area contributed by atoms with E-state index in [2.05, 4.69) is 43.8 Å². The molecular formula is C31H35ClN8O2. The summed E-state index contributed by atoms with van der Waals surface area (Å²) < 4.78 is 6.00. The fraction of sp³-hybridized carbons (Fsp3) is 0.290. The highest BCUT2D eigenvalue weighted by atomic mass is 35.5. The van der Waals surface area contributed by atoms with Crippen molar-refractivity contribution in [2.45, 2.75) is 20.8 Å². The Morgan fingerprint density at radius 2 is 1.98 bits per heavy atom. The molecule has 1 saturated heterocycles. The Hall–Kier alpha value is -4.41. The lowest BCUT2D eigenvalue weighted by Gasteiger charge is -2.17. The minimum absolute atomic E-state index is 0.0359. The Kier molecular flexibility index (Phi) is 8.75. The topological polar surface area (TPSA) is 145 Å². The molecule has 2 aromatic heterocycles. The highest BCUT2D eigenvalue weighted by Crippen LogP contribution is 2.28. The van der Waals surface area contributed by atoms with Crippen LogP contribution in [0.3, 0.4) is 0 Å². The number of amidine groups is 1. The van der Waals surface area contributed by atoms with Gasteiger partial charge in [-0.1, -0.05) is 24.6 Å². The number of amides is 2. The van der Waals surface area contributed by atoms with Crippen molar-refractivity contribution in [2.75, 3.05) is 42.1 Å². The number of carbonyl (C=O) groups excluding carboxylic acids is 1. The third kappa shape index (κ3) is 7.26. The summed E-state index contributed by atoms with van der Waals surface area (Å²) in [5.74, 6) is 2.31. The highest BCUT2D eigenvalue weighted by Gasteiger charge is 2.30. The van der Waals surface area contributed by atoms with Crippen LogP contribution < -0.4 is 21.7 Å². The molecule has 2 amide bonds. The molecule has 42 heavy (non-hydrogen) atoms. The van der Waals surface area contributed by atoms with Gasteiger partial charge in [0.05, 0.1) is 0 Å².